The molecule has 0 saturated heterocycles. The number of rotatable bonds is 2. The normalized spacial score (nSPS) is 10.1. The van der Waals surface area contributed by atoms with Crippen LogP contribution in [-0.4, -0.2) is 27.0 Å². The Morgan fingerprint density at radius 2 is 2.35 bits per heavy atom. The number of fused-ring (bicyclic) bond motifs is 1. The molecule has 0 unspecified atom stereocenters. The van der Waals surface area contributed by atoms with Crippen LogP contribution in [0.3, 0.4) is 0 Å². The second-order valence-corrected chi connectivity index (χ2v) is 3.27. The Morgan fingerprint density at radius 1 is 1.59 bits per heavy atom. The number of aromatic nitrogens is 3. The second-order valence-electron chi connectivity index (χ2n) is 3.27. The van der Waals surface area contributed by atoms with E-state index in [-0.39, 0.29) is 17.8 Å². The van der Waals surface area contributed by atoms with Gasteiger partial charge in [-0.2, -0.15) is 0 Å². The van der Waals surface area contributed by atoms with Crippen molar-refractivity contribution in [2.75, 3.05) is 7.11 Å². The van der Waals surface area contributed by atoms with Gasteiger partial charge in [0.25, 0.3) is 5.56 Å². The Kier molecular flexibility index (Phi) is 2.66. The van der Waals surface area contributed by atoms with Gasteiger partial charge in [-0.25, -0.2) is 9.78 Å². The minimum Gasteiger partial charge on any atom is -0.464 e. The van der Waals surface area contributed by atoms with E-state index in [0.29, 0.717) is 5.78 Å². The van der Waals surface area contributed by atoms with Crippen LogP contribution in [0.1, 0.15) is 10.5 Å². The molecule has 2 rings (SSSR count). The Hall–Kier alpha value is -2.55. The van der Waals surface area contributed by atoms with Gasteiger partial charge in [0.15, 0.2) is 5.69 Å². The van der Waals surface area contributed by atoms with E-state index in [9.17, 15) is 9.59 Å². The fraction of sp³-hybridized carbons (Fsp3) is 0.182. The number of methoxy groups -OCH3 is 1. The van der Waals surface area contributed by atoms with E-state index in [4.69, 9.17) is 6.42 Å². The third-order valence-electron chi connectivity index (χ3n) is 2.24. The van der Waals surface area contributed by atoms with Crippen molar-refractivity contribution < 1.29 is 9.53 Å². The quantitative estimate of drug-likeness (QED) is 0.535. The maximum absolute atomic E-state index is 11.7. The standard InChI is InChI=1S/C11H9N3O3/c1-3-4-13-5-6-14-9(15)7-8(10(16)17-2)12-11(13)14/h1,5-7H,4H2,2H3. The zero-order valence-electron chi connectivity index (χ0n) is 9.08. The highest BCUT2D eigenvalue weighted by Crippen LogP contribution is 2.02. The third kappa shape index (κ3) is 1.78. The van der Waals surface area contributed by atoms with E-state index in [2.05, 4.69) is 15.6 Å². The Bertz CT molecular complexity index is 675. The SMILES string of the molecule is C#CCn1ccn2c(=O)cc(C(=O)OC)nc12. The fourth-order valence-electron chi connectivity index (χ4n) is 1.47. The molecule has 17 heavy (non-hydrogen) atoms. The van der Waals surface area contributed by atoms with Crippen LogP contribution in [0.4, 0.5) is 0 Å². The lowest BCUT2D eigenvalue weighted by molar-refractivity contribution is 0.0594. The van der Waals surface area contributed by atoms with E-state index < -0.39 is 5.97 Å². The van der Waals surface area contributed by atoms with Gasteiger partial charge in [-0.3, -0.25) is 9.20 Å². The van der Waals surface area contributed by atoms with Gasteiger partial charge in [0, 0.05) is 18.5 Å². The van der Waals surface area contributed by atoms with Crippen molar-refractivity contribution in [1.29, 1.82) is 0 Å². The van der Waals surface area contributed by atoms with Crippen molar-refractivity contribution in [1.82, 2.24) is 14.0 Å². The van der Waals surface area contributed by atoms with Crippen molar-refractivity contribution >= 4 is 11.7 Å². The summed E-state index contributed by atoms with van der Waals surface area (Å²) in [7, 11) is 1.23. The summed E-state index contributed by atoms with van der Waals surface area (Å²) in [5.74, 6) is 2.10. The van der Waals surface area contributed by atoms with Gasteiger partial charge in [-0.05, 0) is 0 Å². The molecule has 2 heterocycles. The zero-order chi connectivity index (χ0) is 12.4. The summed E-state index contributed by atoms with van der Waals surface area (Å²) in [5.41, 5.74) is -0.388. The van der Waals surface area contributed by atoms with Gasteiger partial charge in [-0.15, -0.1) is 6.42 Å². The fourth-order valence-corrected chi connectivity index (χ4v) is 1.47. The summed E-state index contributed by atoms with van der Waals surface area (Å²) in [6.07, 6.45) is 8.37. The minimum absolute atomic E-state index is 0.0329. The van der Waals surface area contributed by atoms with E-state index in [1.807, 2.05) is 0 Å². The molecule has 0 aliphatic carbocycles. The second kappa shape index (κ2) is 4.14. The van der Waals surface area contributed by atoms with E-state index in [0.717, 1.165) is 6.07 Å². The van der Waals surface area contributed by atoms with Crippen LogP contribution in [0.2, 0.25) is 0 Å². The van der Waals surface area contributed by atoms with Gasteiger partial charge in [0.1, 0.15) is 0 Å². The summed E-state index contributed by atoms with van der Waals surface area (Å²) in [4.78, 5) is 27.0. The van der Waals surface area contributed by atoms with Gasteiger partial charge in [-0.1, -0.05) is 5.92 Å². The number of terminal acetylenes is 1. The lowest BCUT2D eigenvalue weighted by Crippen LogP contribution is -2.18. The molecule has 6 heteroatoms. The largest absolute Gasteiger partial charge is 0.464 e. The Balaban J connectivity index is 2.70. The van der Waals surface area contributed by atoms with Crippen molar-refractivity contribution in [3.8, 4) is 12.3 Å². The van der Waals surface area contributed by atoms with E-state index >= 15 is 0 Å². The van der Waals surface area contributed by atoms with E-state index in [1.54, 1.807) is 17.0 Å². The lowest BCUT2D eigenvalue weighted by atomic mass is 10.4. The van der Waals surface area contributed by atoms with Crippen LogP contribution < -0.4 is 5.56 Å². The average molecular weight is 231 g/mol. The Morgan fingerprint density at radius 3 is 3.00 bits per heavy atom. The van der Waals surface area contributed by atoms with Crippen molar-refractivity contribution in [3.05, 3.63) is 34.5 Å². The first-order valence-electron chi connectivity index (χ1n) is 4.77. The summed E-state index contributed by atoms with van der Waals surface area (Å²) < 4.78 is 7.42. The molecule has 0 aliphatic heterocycles. The molecule has 0 atom stereocenters. The van der Waals surface area contributed by atoms with Crippen LogP contribution in [0, 0.1) is 12.3 Å². The molecule has 2 aromatic rings. The predicted octanol–water partition coefficient (Wildman–Crippen LogP) is -0.0842. The molecule has 0 spiro atoms. The number of nitrogens with zero attached hydrogens (tertiary/aromatic N) is 3. The van der Waals surface area contributed by atoms with Crippen molar-refractivity contribution in [2.24, 2.45) is 0 Å². The predicted molar refractivity (Wildman–Crippen MR) is 59.6 cm³/mol. The first kappa shape index (κ1) is 11.0. The van der Waals surface area contributed by atoms with Gasteiger partial charge >= 0.3 is 5.97 Å². The molecular formula is C11H9N3O3. The molecule has 0 aromatic carbocycles. The number of ether oxygens (including phenoxy) is 1. The molecule has 0 saturated carbocycles. The Labute approximate surface area is 96.5 Å². The summed E-state index contributed by atoms with van der Waals surface area (Å²) in [6.45, 7) is 0.271. The lowest BCUT2D eigenvalue weighted by Gasteiger charge is -2.01. The van der Waals surface area contributed by atoms with Gasteiger partial charge in [0.05, 0.1) is 13.7 Å². The van der Waals surface area contributed by atoms with Gasteiger partial charge in [0.2, 0.25) is 5.78 Å². The number of esters is 1. The average Bonchev–Trinajstić information content (AvgIpc) is 2.72. The summed E-state index contributed by atoms with van der Waals surface area (Å²) in [6, 6.07) is 1.12. The number of imidazole rings is 1. The molecule has 0 radical (unpaired) electrons. The first-order chi connectivity index (χ1) is 8.17. The topological polar surface area (TPSA) is 65.6 Å². The van der Waals surface area contributed by atoms with Crippen LogP contribution in [-0.2, 0) is 11.3 Å². The third-order valence-corrected chi connectivity index (χ3v) is 2.24. The van der Waals surface area contributed by atoms with Gasteiger partial charge < -0.3 is 9.30 Å². The molecular weight excluding hydrogens is 222 g/mol. The van der Waals surface area contributed by atoms with Crippen LogP contribution >= 0.6 is 0 Å². The van der Waals surface area contributed by atoms with Crippen LogP contribution in [0.15, 0.2) is 23.3 Å². The highest BCUT2D eigenvalue weighted by atomic mass is 16.5. The maximum atomic E-state index is 11.7. The number of hydrogen-bond acceptors (Lipinski definition) is 4. The molecule has 0 N–H and O–H groups in total. The summed E-state index contributed by atoms with van der Waals surface area (Å²) in [5, 5.41) is 0. The minimum atomic E-state index is -0.655. The molecule has 0 bridgehead atoms. The molecule has 0 aliphatic rings. The molecule has 0 amide bonds. The molecule has 86 valence electrons. The van der Waals surface area contributed by atoms with Crippen LogP contribution in [0.5, 0.6) is 0 Å². The monoisotopic (exact) mass is 231 g/mol. The number of carbonyl (C=O) groups excluding carboxylic acids is 1. The molecule has 0 fully saturated rings. The van der Waals surface area contributed by atoms with Crippen molar-refractivity contribution in [2.45, 2.75) is 6.54 Å². The number of carbonyl (C=O) groups is 1. The summed E-state index contributed by atoms with van der Waals surface area (Å²) >= 11 is 0. The number of hydrogen-bond donors (Lipinski definition) is 0. The van der Waals surface area contributed by atoms with Crippen LogP contribution in [0.25, 0.3) is 5.78 Å². The van der Waals surface area contributed by atoms with E-state index in [1.165, 1.54) is 11.5 Å². The molecule has 6 nitrogen and oxygen atoms in total. The smallest absolute Gasteiger partial charge is 0.357 e. The zero-order valence-corrected chi connectivity index (χ0v) is 9.08. The maximum Gasteiger partial charge on any atom is 0.357 e. The first-order valence-corrected chi connectivity index (χ1v) is 4.77. The van der Waals surface area contributed by atoms with Crippen molar-refractivity contribution in [3.63, 3.8) is 0 Å². The highest BCUT2D eigenvalue weighted by Gasteiger charge is 2.12. The molecule has 2 aromatic heterocycles. The highest BCUT2D eigenvalue weighted by molar-refractivity contribution is 5.87.